The zero-order valence-electron chi connectivity index (χ0n) is 6.34. The Hall–Kier alpha value is -2.11. The van der Waals surface area contributed by atoms with E-state index in [9.17, 15) is 14.9 Å². The highest BCUT2D eigenvalue weighted by atomic mass is 16.6. The number of carbonyl (C=O) groups excluding carboxylic acids is 1. The number of nitrogens with zero attached hydrogens (tertiary/aromatic N) is 1. The molecule has 0 fully saturated rings. The van der Waals surface area contributed by atoms with E-state index in [1.807, 2.05) is 0 Å². The number of nitro groups is 1. The minimum absolute atomic E-state index is 0.0134. The Bertz CT molecular complexity index is 349. The Balaban J connectivity index is 3.10. The molecule has 1 rings (SSSR count). The summed E-state index contributed by atoms with van der Waals surface area (Å²) in [5.41, 5.74) is -0.501. The summed E-state index contributed by atoms with van der Waals surface area (Å²) in [4.78, 5) is 19.4. The fourth-order valence-corrected chi connectivity index (χ4v) is 0.778. The molecule has 0 heterocycles. The van der Waals surface area contributed by atoms with Gasteiger partial charge >= 0.3 is 5.69 Å². The largest absolute Gasteiger partial charge is 0.502 e. The van der Waals surface area contributed by atoms with E-state index in [4.69, 9.17) is 5.11 Å². The van der Waals surface area contributed by atoms with Crippen molar-refractivity contribution in [1.82, 2.24) is 0 Å². The van der Waals surface area contributed by atoms with Crippen molar-refractivity contribution in [2.45, 2.75) is 0 Å². The summed E-state index contributed by atoms with van der Waals surface area (Å²) in [7, 11) is 0. The smallest absolute Gasteiger partial charge is 0.314 e. The van der Waals surface area contributed by atoms with E-state index in [2.05, 4.69) is 4.74 Å². The van der Waals surface area contributed by atoms with Crippen molar-refractivity contribution in [2.75, 3.05) is 0 Å². The van der Waals surface area contributed by atoms with Gasteiger partial charge in [0.1, 0.15) is 5.75 Å². The molecule has 0 aliphatic rings. The Kier molecular flexibility index (Phi) is 2.44. The molecule has 0 aliphatic heterocycles. The van der Waals surface area contributed by atoms with E-state index in [1.54, 1.807) is 0 Å². The molecule has 0 unspecified atom stereocenters. The minimum Gasteiger partial charge on any atom is -0.502 e. The summed E-state index contributed by atoms with van der Waals surface area (Å²) in [6.45, 7) is 0.149. The van der Waals surface area contributed by atoms with Gasteiger partial charge < -0.3 is 9.84 Å². The predicted octanol–water partition coefficient (Wildman–Crippen LogP) is 0.836. The summed E-state index contributed by atoms with van der Waals surface area (Å²) in [5, 5.41) is 19.3. The van der Waals surface area contributed by atoms with Crippen LogP contribution in [-0.4, -0.2) is 16.5 Å². The van der Waals surface area contributed by atoms with Gasteiger partial charge in [-0.1, -0.05) is 0 Å². The van der Waals surface area contributed by atoms with Gasteiger partial charge in [-0.2, -0.15) is 0 Å². The molecule has 1 N–H and O–H groups in total. The van der Waals surface area contributed by atoms with Crippen LogP contribution >= 0.6 is 0 Å². The Labute approximate surface area is 72.5 Å². The van der Waals surface area contributed by atoms with Crippen LogP contribution in [0, 0.1) is 10.1 Å². The maximum atomic E-state index is 10.3. The lowest BCUT2D eigenvalue weighted by Gasteiger charge is -1.98. The number of hydrogen-bond acceptors (Lipinski definition) is 5. The molecule has 0 radical (unpaired) electrons. The van der Waals surface area contributed by atoms with E-state index in [1.165, 1.54) is 6.07 Å². The van der Waals surface area contributed by atoms with Crippen molar-refractivity contribution in [3.05, 3.63) is 28.3 Å². The van der Waals surface area contributed by atoms with Gasteiger partial charge in [0.15, 0.2) is 5.75 Å². The molecule has 13 heavy (non-hydrogen) atoms. The number of rotatable bonds is 3. The summed E-state index contributed by atoms with van der Waals surface area (Å²) in [5.74, 6) is -0.456. The van der Waals surface area contributed by atoms with Crippen LogP contribution in [-0.2, 0) is 4.79 Å². The zero-order valence-corrected chi connectivity index (χ0v) is 6.34. The van der Waals surface area contributed by atoms with Crippen LogP contribution in [0.1, 0.15) is 0 Å². The predicted molar refractivity (Wildman–Crippen MR) is 41.5 cm³/mol. The van der Waals surface area contributed by atoms with Gasteiger partial charge in [-0.25, -0.2) is 0 Å². The number of carbonyl (C=O) groups is 1. The lowest BCUT2D eigenvalue weighted by molar-refractivity contribution is -0.385. The maximum absolute atomic E-state index is 10.3. The van der Waals surface area contributed by atoms with Crippen LogP contribution in [0.25, 0.3) is 0 Å². The van der Waals surface area contributed by atoms with Crippen molar-refractivity contribution < 1.29 is 19.6 Å². The first-order chi connectivity index (χ1) is 6.15. The first kappa shape index (κ1) is 8.98. The van der Waals surface area contributed by atoms with Gasteiger partial charge in [-0.15, -0.1) is 0 Å². The molecule has 6 heteroatoms. The first-order valence-electron chi connectivity index (χ1n) is 3.23. The minimum atomic E-state index is -0.771. The summed E-state index contributed by atoms with van der Waals surface area (Å²) in [6.07, 6.45) is 0. The number of aromatic hydroxyl groups is 1. The lowest BCUT2D eigenvalue weighted by atomic mass is 10.3. The van der Waals surface area contributed by atoms with Gasteiger partial charge in [-0.3, -0.25) is 14.9 Å². The van der Waals surface area contributed by atoms with Crippen molar-refractivity contribution in [3.63, 3.8) is 0 Å². The second-order valence-corrected chi connectivity index (χ2v) is 2.12. The maximum Gasteiger partial charge on any atom is 0.314 e. The zero-order chi connectivity index (χ0) is 9.84. The standard InChI is InChI=1S/C7H5NO5/c9-4-13-5-1-2-7(10)6(3-5)8(11)12/h1-4,10H. The Morgan fingerprint density at radius 3 is 2.77 bits per heavy atom. The third-order valence-electron chi connectivity index (χ3n) is 1.33. The quantitative estimate of drug-likeness (QED) is 0.426. The van der Waals surface area contributed by atoms with Gasteiger partial charge in [0.2, 0.25) is 0 Å². The van der Waals surface area contributed by atoms with Gasteiger partial charge in [0.05, 0.1) is 11.0 Å². The monoisotopic (exact) mass is 183 g/mol. The molecular formula is C7H5NO5. The number of hydrogen-bond donors (Lipinski definition) is 1. The van der Waals surface area contributed by atoms with Gasteiger partial charge in [0.25, 0.3) is 6.47 Å². The van der Waals surface area contributed by atoms with Crippen molar-refractivity contribution in [2.24, 2.45) is 0 Å². The molecule has 0 saturated carbocycles. The second kappa shape index (κ2) is 3.53. The SMILES string of the molecule is O=COc1ccc(O)c([N+](=O)[O-])c1. The fourth-order valence-electron chi connectivity index (χ4n) is 0.778. The molecule has 68 valence electrons. The topological polar surface area (TPSA) is 89.7 Å². The number of phenolic OH excluding ortho intramolecular Hbond substituents is 1. The normalized spacial score (nSPS) is 9.23. The third kappa shape index (κ3) is 1.92. The molecule has 1 aromatic carbocycles. The number of nitro benzene ring substituents is 1. The molecule has 0 amide bonds. The molecule has 1 aromatic rings. The summed E-state index contributed by atoms with van der Waals surface area (Å²) in [6, 6.07) is 3.29. The highest BCUT2D eigenvalue weighted by Crippen LogP contribution is 2.29. The molecule has 0 spiro atoms. The summed E-state index contributed by atoms with van der Waals surface area (Å²) >= 11 is 0. The second-order valence-electron chi connectivity index (χ2n) is 2.12. The molecular weight excluding hydrogens is 178 g/mol. The van der Waals surface area contributed by atoms with Crippen LogP contribution in [0.15, 0.2) is 18.2 Å². The first-order valence-corrected chi connectivity index (χ1v) is 3.23. The molecule has 0 saturated heterocycles. The molecule has 6 nitrogen and oxygen atoms in total. The highest BCUT2D eigenvalue weighted by Gasteiger charge is 2.13. The van der Waals surface area contributed by atoms with Crippen LogP contribution in [0.3, 0.4) is 0 Å². The van der Waals surface area contributed by atoms with Crippen LogP contribution in [0.2, 0.25) is 0 Å². The Morgan fingerprint density at radius 1 is 1.54 bits per heavy atom. The summed E-state index contributed by atoms with van der Waals surface area (Å²) < 4.78 is 4.36. The average molecular weight is 183 g/mol. The van der Waals surface area contributed by atoms with E-state index >= 15 is 0 Å². The van der Waals surface area contributed by atoms with E-state index in [-0.39, 0.29) is 12.2 Å². The van der Waals surface area contributed by atoms with E-state index in [0.717, 1.165) is 12.1 Å². The fraction of sp³-hybridized carbons (Fsp3) is 0. The van der Waals surface area contributed by atoms with Crippen LogP contribution < -0.4 is 4.74 Å². The molecule has 0 atom stereocenters. The van der Waals surface area contributed by atoms with E-state index in [0.29, 0.717) is 0 Å². The lowest BCUT2D eigenvalue weighted by Crippen LogP contribution is -1.92. The number of ether oxygens (including phenoxy) is 1. The molecule has 0 aromatic heterocycles. The number of benzene rings is 1. The van der Waals surface area contributed by atoms with Crippen molar-refractivity contribution in [1.29, 1.82) is 0 Å². The van der Waals surface area contributed by atoms with Crippen molar-refractivity contribution in [3.8, 4) is 11.5 Å². The molecule has 0 bridgehead atoms. The Morgan fingerprint density at radius 2 is 2.23 bits per heavy atom. The van der Waals surface area contributed by atoms with Crippen LogP contribution in [0.4, 0.5) is 5.69 Å². The number of phenols is 1. The van der Waals surface area contributed by atoms with Gasteiger partial charge in [0, 0.05) is 0 Å². The molecule has 0 aliphatic carbocycles. The van der Waals surface area contributed by atoms with Crippen molar-refractivity contribution >= 4 is 12.2 Å². The van der Waals surface area contributed by atoms with Crippen LogP contribution in [0.5, 0.6) is 11.5 Å². The highest BCUT2D eigenvalue weighted by molar-refractivity contribution is 5.53. The van der Waals surface area contributed by atoms with Gasteiger partial charge in [-0.05, 0) is 12.1 Å². The van der Waals surface area contributed by atoms with E-state index < -0.39 is 16.4 Å². The average Bonchev–Trinajstić information content (AvgIpc) is 2.08. The third-order valence-corrected chi connectivity index (χ3v) is 1.33.